The Morgan fingerprint density at radius 1 is 1.25 bits per heavy atom. The normalized spacial score (nSPS) is 16.8. The Morgan fingerprint density at radius 3 is 2.61 bits per heavy atom. The van der Waals surface area contributed by atoms with Gasteiger partial charge >= 0.3 is 0 Å². The molecule has 2 amide bonds. The molecule has 0 spiro atoms. The molecule has 0 aromatic heterocycles. The summed E-state index contributed by atoms with van der Waals surface area (Å²) in [6, 6.07) is 15.9. The lowest BCUT2D eigenvalue weighted by Gasteiger charge is -2.15. The first-order valence-corrected chi connectivity index (χ1v) is 9.55. The predicted molar refractivity (Wildman–Crippen MR) is 108 cm³/mol. The zero-order valence-corrected chi connectivity index (χ0v) is 16.0. The molecule has 1 N–H and O–H groups in total. The average Bonchev–Trinajstić information content (AvgIpc) is 2.97. The highest BCUT2D eigenvalue weighted by Crippen LogP contribution is 2.31. The Morgan fingerprint density at radius 2 is 1.96 bits per heavy atom. The number of hydrogen-bond donors (Lipinski definition) is 1. The van der Waals surface area contributed by atoms with Gasteiger partial charge in [0.25, 0.3) is 0 Å². The fourth-order valence-corrected chi connectivity index (χ4v) is 3.68. The SMILES string of the molecule is CCOc1ccc(N2C(=O)C[C@@H](SC(=Nc3ccccc3)NC#N)C2=O)cc1. The Hall–Kier alpha value is -3.31. The van der Waals surface area contributed by atoms with Gasteiger partial charge in [0.1, 0.15) is 11.0 Å². The highest BCUT2D eigenvalue weighted by Gasteiger charge is 2.40. The number of para-hydroxylation sites is 1. The van der Waals surface area contributed by atoms with Crippen molar-refractivity contribution in [3.05, 3.63) is 54.6 Å². The summed E-state index contributed by atoms with van der Waals surface area (Å²) in [7, 11) is 0. The number of imide groups is 1. The number of thioether (sulfide) groups is 1. The Balaban J connectivity index is 1.76. The van der Waals surface area contributed by atoms with Crippen LogP contribution < -0.4 is 15.0 Å². The number of hydrogen-bond acceptors (Lipinski definition) is 6. The van der Waals surface area contributed by atoms with Crippen LogP contribution in [-0.2, 0) is 9.59 Å². The monoisotopic (exact) mass is 394 g/mol. The number of carbonyl (C=O) groups excluding carboxylic acids is 2. The van der Waals surface area contributed by atoms with Crippen LogP contribution in [0.2, 0.25) is 0 Å². The minimum Gasteiger partial charge on any atom is -0.494 e. The summed E-state index contributed by atoms with van der Waals surface area (Å²) in [6.07, 6.45) is 1.86. The topological polar surface area (TPSA) is 94.8 Å². The molecule has 3 rings (SSSR count). The average molecular weight is 394 g/mol. The van der Waals surface area contributed by atoms with E-state index < -0.39 is 5.25 Å². The third-order valence-electron chi connectivity index (χ3n) is 3.91. The zero-order valence-electron chi connectivity index (χ0n) is 15.2. The van der Waals surface area contributed by atoms with E-state index in [-0.39, 0.29) is 23.4 Å². The van der Waals surface area contributed by atoms with E-state index in [1.54, 1.807) is 36.4 Å². The standard InChI is InChI=1S/C20H18N4O3S/c1-2-27-16-10-8-15(9-11-16)24-18(25)12-17(19(24)26)28-20(22-13-21)23-14-6-4-3-5-7-14/h3-11,17H,2,12H2,1H3,(H,22,23)/t17-/m1/s1. The lowest BCUT2D eigenvalue weighted by molar-refractivity contribution is -0.121. The van der Waals surface area contributed by atoms with Gasteiger partial charge in [-0.25, -0.2) is 9.89 Å². The zero-order chi connectivity index (χ0) is 19.9. The van der Waals surface area contributed by atoms with E-state index in [1.165, 1.54) is 4.90 Å². The number of nitrogens with one attached hydrogen (secondary N) is 1. The summed E-state index contributed by atoms with van der Waals surface area (Å²) in [5.74, 6) is 0.0501. The number of anilines is 1. The van der Waals surface area contributed by atoms with Gasteiger partial charge < -0.3 is 4.74 Å². The molecule has 1 saturated heterocycles. The molecule has 1 aliphatic heterocycles. The van der Waals surface area contributed by atoms with Crippen LogP contribution in [0.1, 0.15) is 13.3 Å². The van der Waals surface area contributed by atoms with Crippen LogP contribution in [0.25, 0.3) is 0 Å². The first kappa shape index (κ1) is 19.5. The van der Waals surface area contributed by atoms with E-state index in [0.717, 1.165) is 11.8 Å². The van der Waals surface area contributed by atoms with Gasteiger partial charge in [-0.05, 0) is 43.3 Å². The minimum absolute atomic E-state index is 0.0393. The number of carbonyl (C=O) groups is 2. The molecule has 0 unspecified atom stereocenters. The summed E-state index contributed by atoms with van der Waals surface area (Å²) in [5.41, 5.74) is 1.14. The molecule has 1 heterocycles. The van der Waals surface area contributed by atoms with Crippen LogP contribution in [0.4, 0.5) is 11.4 Å². The van der Waals surface area contributed by atoms with Crippen LogP contribution in [0.5, 0.6) is 5.75 Å². The van der Waals surface area contributed by atoms with Gasteiger partial charge in [0.15, 0.2) is 11.4 Å². The second-order valence-electron chi connectivity index (χ2n) is 5.79. The molecule has 28 heavy (non-hydrogen) atoms. The molecule has 142 valence electrons. The molecule has 1 atom stereocenters. The Kier molecular flexibility index (Phi) is 6.29. The largest absolute Gasteiger partial charge is 0.494 e. The molecule has 1 fully saturated rings. The first-order chi connectivity index (χ1) is 13.6. The fraction of sp³-hybridized carbons (Fsp3) is 0.200. The predicted octanol–water partition coefficient (Wildman–Crippen LogP) is 3.21. The third kappa shape index (κ3) is 4.50. The van der Waals surface area contributed by atoms with Gasteiger partial charge in [-0.15, -0.1) is 0 Å². The number of benzene rings is 2. The molecule has 7 nitrogen and oxygen atoms in total. The van der Waals surface area contributed by atoms with Crippen molar-refractivity contribution >= 4 is 40.1 Å². The van der Waals surface area contributed by atoms with Crippen molar-refractivity contribution in [2.75, 3.05) is 11.5 Å². The van der Waals surface area contributed by atoms with Crippen LogP contribution in [0.3, 0.4) is 0 Å². The summed E-state index contributed by atoms with van der Waals surface area (Å²) in [6.45, 7) is 2.42. The first-order valence-electron chi connectivity index (χ1n) is 8.67. The molecule has 2 aromatic carbocycles. The molecular formula is C20H18N4O3S. The van der Waals surface area contributed by atoms with Gasteiger partial charge in [-0.2, -0.15) is 5.26 Å². The van der Waals surface area contributed by atoms with Crippen molar-refractivity contribution in [1.29, 1.82) is 5.26 Å². The smallest absolute Gasteiger partial charge is 0.247 e. The Labute approximate surface area is 167 Å². The molecular weight excluding hydrogens is 376 g/mol. The van der Waals surface area contributed by atoms with Crippen LogP contribution in [-0.4, -0.2) is 28.8 Å². The fourth-order valence-electron chi connectivity index (χ4n) is 2.71. The van der Waals surface area contributed by atoms with Crippen molar-refractivity contribution < 1.29 is 14.3 Å². The second-order valence-corrected chi connectivity index (χ2v) is 6.99. The van der Waals surface area contributed by atoms with E-state index in [2.05, 4.69) is 10.3 Å². The van der Waals surface area contributed by atoms with Crippen LogP contribution in [0, 0.1) is 11.5 Å². The van der Waals surface area contributed by atoms with Gasteiger partial charge in [0, 0.05) is 6.42 Å². The van der Waals surface area contributed by atoms with Crippen molar-refractivity contribution in [2.24, 2.45) is 4.99 Å². The van der Waals surface area contributed by atoms with E-state index >= 15 is 0 Å². The van der Waals surface area contributed by atoms with Crippen molar-refractivity contribution in [3.8, 4) is 11.9 Å². The van der Waals surface area contributed by atoms with E-state index in [9.17, 15) is 9.59 Å². The van der Waals surface area contributed by atoms with Gasteiger partial charge in [-0.1, -0.05) is 30.0 Å². The van der Waals surface area contributed by atoms with Crippen molar-refractivity contribution in [1.82, 2.24) is 5.32 Å². The highest BCUT2D eigenvalue weighted by atomic mass is 32.2. The molecule has 0 saturated carbocycles. The lowest BCUT2D eigenvalue weighted by atomic mass is 10.3. The molecule has 2 aromatic rings. The third-order valence-corrected chi connectivity index (χ3v) is 4.98. The number of aliphatic imine (C=N–C) groups is 1. The molecule has 0 bridgehead atoms. The Bertz CT molecular complexity index is 923. The minimum atomic E-state index is -0.651. The van der Waals surface area contributed by atoms with Crippen molar-refractivity contribution in [2.45, 2.75) is 18.6 Å². The maximum Gasteiger partial charge on any atom is 0.247 e. The van der Waals surface area contributed by atoms with Gasteiger partial charge in [0.05, 0.1) is 18.0 Å². The van der Waals surface area contributed by atoms with E-state index in [1.807, 2.05) is 31.3 Å². The maximum absolute atomic E-state index is 12.8. The number of nitriles is 1. The molecule has 1 aliphatic rings. The maximum atomic E-state index is 12.8. The van der Waals surface area contributed by atoms with Crippen LogP contribution >= 0.6 is 11.8 Å². The quantitative estimate of drug-likeness (QED) is 0.275. The molecule has 0 radical (unpaired) electrons. The van der Waals surface area contributed by atoms with Crippen molar-refractivity contribution in [3.63, 3.8) is 0 Å². The molecule has 0 aliphatic carbocycles. The van der Waals surface area contributed by atoms with E-state index in [4.69, 9.17) is 10.00 Å². The van der Waals surface area contributed by atoms with Gasteiger partial charge in [-0.3, -0.25) is 14.9 Å². The number of rotatable bonds is 5. The summed E-state index contributed by atoms with van der Waals surface area (Å²) < 4.78 is 5.39. The summed E-state index contributed by atoms with van der Waals surface area (Å²) >= 11 is 1.07. The summed E-state index contributed by atoms with van der Waals surface area (Å²) in [4.78, 5) is 30.8. The summed E-state index contributed by atoms with van der Waals surface area (Å²) in [5, 5.41) is 11.1. The second kappa shape index (κ2) is 9.06. The van der Waals surface area contributed by atoms with E-state index in [0.29, 0.717) is 23.7 Å². The highest BCUT2D eigenvalue weighted by molar-refractivity contribution is 8.15. The number of amidine groups is 1. The van der Waals surface area contributed by atoms with Crippen LogP contribution in [0.15, 0.2) is 59.6 Å². The number of amides is 2. The lowest BCUT2D eigenvalue weighted by Crippen LogP contribution is -2.32. The number of ether oxygens (including phenoxy) is 1. The van der Waals surface area contributed by atoms with Gasteiger partial charge in [0.2, 0.25) is 11.8 Å². The number of nitrogens with zero attached hydrogens (tertiary/aromatic N) is 3. The molecule has 8 heteroatoms.